The van der Waals surface area contributed by atoms with Crippen LogP contribution >= 0.6 is 0 Å². The lowest BCUT2D eigenvalue weighted by Crippen LogP contribution is -1.79. The first kappa shape index (κ1) is 8.72. The van der Waals surface area contributed by atoms with Gasteiger partial charge in [0, 0.05) is 0 Å². The van der Waals surface area contributed by atoms with Gasteiger partial charge in [-0.25, -0.2) is 0 Å². The Kier molecular flexibility index (Phi) is 2.81. The highest BCUT2D eigenvalue weighted by molar-refractivity contribution is 5.74. The molecule has 0 spiro atoms. The van der Waals surface area contributed by atoms with E-state index in [1.807, 2.05) is 32.1 Å². The van der Waals surface area contributed by atoms with Gasteiger partial charge in [0.15, 0.2) is 0 Å². The first-order valence-electron chi connectivity index (χ1n) is 3.92. The summed E-state index contributed by atoms with van der Waals surface area (Å²) in [7, 11) is 0. The largest absolute Gasteiger partial charge is 0.299 e. The minimum absolute atomic E-state index is 0.789. The molecule has 0 unspecified atom stereocenters. The molecule has 0 aliphatic heterocycles. The van der Waals surface area contributed by atoms with Gasteiger partial charge in [-0.15, -0.1) is 0 Å². The van der Waals surface area contributed by atoms with E-state index >= 15 is 0 Å². The third kappa shape index (κ3) is 2.35. The molecular weight excluding hydrogens is 148 g/mol. The van der Waals surface area contributed by atoms with Gasteiger partial charge in [-0.05, 0) is 25.5 Å². The zero-order chi connectivity index (χ0) is 8.97. The summed E-state index contributed by atoms with van der Waals surface area (Å²) >= 11 is 0. The van der Waals surface area contributed by atoms with Crippen molar-refractivity contribution in [1.29, 1.82) is 0 Å². The van der Waals surface area contributed by atoms with E-state index in [0.29, 0.717) is 0 Å². The van der Waals surface area contributed by atoms with E-state index in [0.717, 1.165) is 11.8 Å². The van der Waals surface area contributed by atoms with Crippen LogP contribution in [0.3, 0.4) is 0 Å². The lowest BCUT2D eigenvalue weighted by Gasteiger charge is -1.98. The highest BCUT2D eigenvalue weighted by Crippen LogP contribution is 2.09. The van der Waals surface area contributed by atoms with Crippen molar-refractivity contribution >= 4 is 12.4 Å². The van der Waals surface area contributed by atoms with Gasteiger partial charge >= 0.3 is 0 Å². The molecule has 1 heteroatoms. The molecule has 1 rings (SSSR count). The molecule has 0 bridgehead atoms. The highest BCUT2D eigenvalue weighted by Gasteiger charge is 1.90. The summed E-state index contributed by atoms with van der Waals surface area (Å²) < 4.78 is 0. The molecule has 12 heavy (non-hydrogen) atoms. The molecule has 0 aromatic heterocycles. The number of carbonyl (C=O) groups excluding carboxylic acids is 1. The second-order valence-corrected chi connectivity index (χ2v) is 2.92. The summed E-state index contributed by atoms with van der Waals surface area (Å²) in [5.41, 5.74) is 3.53. The van der Waals surface area contributed by atoms with Crippen LogP contribution in [0, 0.1) is 13.8 Å². The van der Waals surface area contributed by atoms with Crippen LogP contribution in [0.5, 0.6) is 0 Å². The fraction of sp³-hybridized carbons (Fsp3) is 0.182. The number of aldehydes is 1. The van der Waals surface area contributed by atoms with Crippen molar-refractivity contribution in [1.82, 2.24) is 0 Å². The molecular formula is C11H12O. The van der Waals surface area contributed by atoms with Crippen molar-refractivity contribution < 1.29 is 4.79 Å². The predicted octanol–water partition coefficient (Wildman–Crippen LogP) is 2.52. The topological polar surface area (TPSA) is 17.1 Å². The smallest absolute Gasteiger partial charge is 0.142 e. The van der Waals surface area contributed by atoms with Gasteiger partial charge in [0.05, 0.1) is 0 Å². The van der Waals surface area contributed by atoms with Crippen LogP contribution in [0.1, 0.15) is 16.7 Å². The zero-order valence-electron chi connectivity index (χ0n) is 7.37. The van der Waals surface area contributed by atoms with Gasteiger partial charge in [0.1, 0.15) is 6.29 Å². The van der Waals surface area contributed by atoms with Crippen LogP contribution in [0.4, 0.5) is 0 Å². The van der Waals surface area contributed by atoms with Crippen molar-refractivity contribution in [2.24, 2.45) is 0 Å². The number of aryl methyl sites for hydroxylation is 2. The van der Waals surface area contributed by atoms with E-state index in [9.17, 15) is 4.79 Å². The second-order valence-electron chi connectivity index (χ2n) is 2.92. The lowest BCUT2D eigenvalue weighted by atomic mass is 10.1. The number of allylic oxidation sites excluding steroid dienone is 1. The molecule has 0 aliphatic carbocycles. The summed E-state index contributed by atoms with van der Waals surface area (Å²) in [6.07, 6.45) is 4.11. The minimum Gasteiger partial charge on any atom is -0.299 e. The maximum atomic E-state index is 10.1. The van der Waals surface area contributed by atoms with Crippen molar-refractivity contribution in [2.45, 2.75) is 13.8 Å². The van der Waals surface area contributed by atoms with E-state index in [1.54, 1.807) is 0 Å². The van der Waals surface area contributed by atoms with Gasteiger partial charge in [-0.2, -0.15) is 0 Å². The monoisotopic (exact) mass is 160 g/mol. The maximum absolute atomic E-state index is 10.1. The Morgan fingerprint density at radius 1 is 1.08 bits per heavy atom. The average molecular weight is 160 g/mol. The van der Waals surface area contributed by atoms with E-state index in [-0.39, 0.29) is 0 Å². The maximum Gasteiger partial charge on any atom is 0.142 e. The molecule has 0 fully saturated rings. The molecule has 1 aromatic carbocycles. The van der Waals surface area contributed by atoms with E-state index < -0.39 is 0 Å². The molecule has 0 radical (unpaired) electrons. The number of hydrogen-bond acceptors (Lipinski definition) is 1. The summed E-state index contributed by atoms with van der Waals surface area (Å²) in [5, 5.41) is 0. The van der Waals surface area contributed by atoms with Crippen LogP contribution in [0.25, 0.3) is 6.08 Å². The molecule has 0 saturated carbocycles. The molecule has 0 saturated heterocycles. The van der Waals surface area contributed by atoms with Gasteiger partial charge in [-0.3, -0.25) is 4.79 Å². The Morgan fingerprint density at radius 2 is 1.67 bits per heavy atom. The van der Waals surface area contributed by atoms with Crippen molar-refractivity contribution in [3.8, 4) is 0 Å². The molecule has 0 atom stereocenters. The van der Waals surface area contributed by atoms with Crippen LogP contribution in [-0.4, -0.2) is 6.29 Å². The van der Waals surface area contributed by atoms with Gasteiger partial charge in [-0.1, -0.05) is 35.4 Å². The molecule has 1 aromatic rings. The quantitative estimate of drug-likeness (QED) is 0.480. The molecule has 0 heterocycles. The minimum atomic E-state index is 0.789. The Hall–Kier alpha value is -1.37. The predicted molar refractivity (Wildman–Crippen MR) is 51.0 cm³/mol. The summed E-state index contributed by atoms with van der Waals surface area (Å²) in [4.78, 5) is 10.1. The fourth-order valence-electron chi connectivity index (χ4n) is 1.26. The first-order valence-corrected chi connectivity index (χ1v) is 3.92. The zero-order valence-corrected chi connectivity index (χ0v) is 7.37. The van der Waals surface area contributed by atoms with E-state index in [1.165, 1.54) is 17.2 Å². The van der Waals surface area contributed by atoms with Crippen LogP contribution in [0.15, 0.2) is 24.3 Å². The van der Waals surface area contributed by atoms with Gasteiger partial charge < -0.3 is 0 Å². The number of rotatable bonds is 2. The lowest BCUT2D eigenvalue weighted by molar-refractivity contribution is -0.104. The average Bonchev–Trinajstić information content (AvgIpc) is 1.99. The Bertz CT molecular complexity index is 291. The highest BCUT2D eigenvalue weighted by atomic mass is 16.1. The third-order valence-electron chi connectivity index (χ3n) is 1.61. The summed E-state index contributed by atoms with van der Waals surface area (Å²) in [6, 6.07) is 6.21. The molecule has 1 nitrogen and oxygen atoms in total. The fourth-order valence-corrected chi connectivity index (χ4v) is 1.26. The first-order chi connectivity index (χ1) is 5.72. The second kappa shape index (κ2) is 3.86. The molecule has 62 valence electrons. The molecule has 0 N–H and O–H groups in total. The van der Waals surface area contributed by atoms with E-state index in [2.05, 4.69) is 6.07 Å². The number of carbonyl (C=O) groups is 1. The normalized spacial score (nSPS) is 10.5. The van der Waals surface area contributed by atoms with Crippen molar-refractivity contribution in [2.75, 3.05) is 0 Å². The van der Waals surface area contributed by atoms with Crippen LogP contribution in [-0.2, 0) is 4.79 Å². The standard InChI is InChI=1S/C11H12O/c1-9-6-10(2)8-11(7-9)4-3-5-12/h3-8H,1-2H3. The Balaban J connectivity index is 3.00. The SMILES string of the molecule is Cc1cc(C)cc(C=CC=O)c1. The number of benzene rings is 1. The summed E-state index contributed by atoms with van der Waals surface area (Å²) in [6.45, 7) is 4.09. The van der Waals surface area contributed by atoms with Gasteiger partial charge in [0.2, 0.25) is 0 Å². The summed E-state index contributed by atoms with van der Waals surface area (Å²) in [5.74, 6) is 0. The van der Waals surface area contributed by atoms with Crippen molar-refractivity contribution in [3.63, 3.8) is 0 Å². The molecule has 0 aliphatic rings. The van der Waals surface area contributed by atoms with Gasteiger partial charge in [0.25, 0.3) is 0 Å². The Morgan fingerprint density at radius 3 is 2.17 bits per heavy atom. The molecule has 0 amide bonds. The Labute approximate surface area is 72.7 Å². The van der Waals surface area contributed by atoms with Crippen LogP contribution < -0.4 is 0 Å². The van der Waals surface area contributed by atoms with Crippen LogP contribution in [0.2, 0.25) is 0 Å². The third-order valence-corrected chi connectivity index (χ3v) is 1.61. The number of hydrogen-bond donors (Lipinski definition) is 0. The van der Waals surface area contributed by atoms with E-state index in [4.69, 9.17) is 0 Å². The van der Waals surface area contributed by atoms with Crippen molar-refractivity contribution in [3.05, 3.63) is 41.0 Å².